The minimum Gasteiger partial charge on any atom is -0.459 e. The molecule has 3 N–H and O–H groups in total. The first kappa shape index (κ1) is 17.6. The van der Waals surface area contributed by atoms with Crippen LogP contribution in [0.2, 0.25) is 5.02 Å². The van der Waals surface area contributed by atoms with Crippen LogP contribution < -0.4 is 10.6 Å². The molecule has 0 aliphatic carbocycles. The monoisotopic (exact) mass is 340 g/mol. The number of urea groups is 1. The Morgan fingerprint density at radius 1 is 1.39 bits per heavy atom. The zero-order valence-corrected chi connectivity index (χ0v) is 13.7. The van der Waals surface area contributed by atoms with E-state index in [4.69, 9.17) is 25.9 Å². The molecular formula is C16H21ClN2O4. The molecule has 1 atom stereocenters. The maximum absolute atomic E-state index is 11.8. The third-order valence-corrected chi connectivity index (χ3v) is 3.49. The average Bonchev–Trinajstić information content (AvgIpc) is 2.94. The van der Waals surface area contributed by atoms with Crippen molar-refractivity contribution in [1.29, 1.82) is 0 Å². The lowest BCUT2D eigenvalue weighted by Gasteiger charge is -2.12. The molecule has 1 heterocycles. The van der Waals surface area contributed by atoms with Crippen molar-refractivity contribution in [3.05, 3.63) is 35.0 Å². The van der Waals surface area contributed by atoms with E-state index in [-0.39, 0.29) is 18.7 Å². The Morgan fingerprint density at radius 3 is 3.00 bits per heavy atom. The Hall–Kier alpha value is -1.76. The molecule has 0 saturated carbocycles. The summed E-state index contributed by atoms with van der Waals surface area (Å²) in [5.74, 6) is 0.670. The summed E-state index contributed by atoms with van der Waals surface area (Å²) in [6.45, 7) is 3.18. The quantitative estimate of drug-likeness (QED) is 0.645. The van der Waals surface area contributed by atoms with Crippen molar-refractivity contribution < 1.29 is 19.1 Å². The second kappa shape index (κ2) is 8.76. The molecule has 6 nitrogen and oxygen atoms in total. The van der Waals surface area contributed by atoms with Crippen molar-refractivity contribution in [2.45, 2.75) is 19.4 Å². The molecule has 0 aliphatic heterocycles. The molecule has 0 bridgehead atoms. The lowest BCUT2D eigenvalue weighted by molar-refractivity contribution is 0.0909. The second-order valence-corrected chi connectivity index (χ2v) is 5.58. The van der Waals surface area contributed by atoms with Gasteiger partial charge in [0.2, 0.25) is 0 Å². The highest BCUT2D eigenvalue weighted by Gasteiger charge is 2.14. The summed E-state index contributed by atoms with van der Waals surface area (Å²) in [5.41, 5.74) is 0.736. The van der Waals surface area contributed by atoms with E-state index in [9.17, 15) is 4.79 Å². The summed E-state index contributed by atoms with van der Waals surface area (Å²) < 4.78 is 10.8. The molecule has 1 unspecified atom stereocenters. The molecular weight excluding hydrogens is 320 g/mol. The van der Waals surface area contributed by atoms with Gasteiger partial charge in [-0.2, -0.15) is 0 Å². The third-order valence-electron chi connectivity index (χ3n) is 3.26. The van der Waals surface area contributed by atoms with Crippen LogP contribution in [0.25, 0.3) is 11.0 Å². The van der Waals surface area contributed by atoms with Crippen LogP contribution in [0, 0.1) is 0 Å². The molecule has 2 aromatic rings. The maximum Gasteiger partial charge on any atom is 0.315 e. The highest BCUT2D eigenvalue weighted by molar-refractivity contribution is 6.31. The van der Waals surface area contributed by atoms with Crippen LogP contribution in [0.15, 0.2) is 28.7 Å². The van der Waals surface area contributed by atoms with E-state index in [1.165, 1.54) is 0 Å². The van der Waals surface area contributed by atoms with E-state index < -0.39 is 0 Å². The van der Waals surface area contributed by atoms with Crippen molar-refractivity contribution in [1.82, 2.24) is 10.6 Å². The first-order valence-electron chi connectivity index (χ1n) is 7.52. The number of carbonyl (C=O) groups excluding carboxylic acids is 1. The lowest BCUT2D eigenvalue weighted by Crippen LogP contribution is -2.37. The van der Waals surface area contributed by atoms with Gasteiger partial charge < -0.3 is 24.9 Å². The first-order chi connectivity index (χ1) is 11.1. The fraction of sp³-hybridized carbons (Fsp3) is 0.438. The number of amides is 2. The van der Waals surface area contributed by atoms with Crippen LogP contribution in [-0.4, -0.2) is 37.5 Å². The Morgan fingerprint density at radius 2 is 2.22 bits per heavy atom. The molecule has 2 rings (SSSR count). The van der Waals surface area contributed by atoms with Crippen molar-refractivity contribution >= 4 is 28.6 Å². The van der Waals surface area contributed by atoms with E-state index in [0.717, 1.165) is 11.0 Å². The molecule has 126 valence electrons. The van der Waals surface area contributed by atoms with Crippen LogP contribution in [0.3, 0.4) is 0 Å². The van der Waals surface area contributed by atoms with Gasteiger partial charge in [-0.1, -0.05) is 11.6 Å². The van der Waals surface area contributed by atoms with Gasteiger partial charge in [-0.15, -0.1) is 0 Å². The molecule has 0 aliphatic rings. The number of benzene rings is 1. The summed E-state index contributed by atoms with van der Waals surface area (Å²) in [4.78, 5) is 11.8. The highest BCUT2D eigenvalue weighted by atomic mass is 35.5. The number of furan rings is 1. The van der Waals surface area contributed by atoms with Crippen LogP contribution in [-0.2, 0) is 4.74 Å². The highest BCUT2D eigenvalue weighted by Crippen LogP contribution is 2.26. The predicted molar refractivity (Wildman–Crippen MR) is 88.7 cm³/mol. The van der Waals surface area contributed by atoms with Gasteiger partial charge in [-0.3, -0.25) is 0 Å². The Bertz CT molecular complexity index is 644. The van der Waals surface area contributed by atoms with Gasteiger partial charge in [0.1, 0.15) is 11.3 Å². The van der Waals surface area contributed by atoms with Gasteiger partial charge in [0.05, 0.1) is 19.3 Å². The number of ether oxygens (including phenoxy) is 1. The standard InChI is InChI=1S/C16H21ClN2O4/c1-11(19-16(21)18-5-2-7-22-8-6-20)15-10-12-9-13(17)3-4-14(12)23-15/h3-4,9-11,20H,2,5-8H2,1H3,(H2,18,19,21). The number of carbonyl (C=O) groups is 1. The summed E-state index contributed by atoms with van der Waals surface area (Å²) >= 11 is 5.95. The fourth-order valence-corrected chi connectivity index (χ4v) is 2.29. The van der Waals surface area contributed by atoms with Crippen molar-refractivity contribution in [2.75, 3.05) is 26.4 Å². The Kier molecular flexibility index (Phi) is 6.70. The molecule has 7 heteroatoms. The smallest absolute Gasteiger partial charge is 0.315 e. The van der Waals surface area contributed by atoms with Crippen LogP contribution in [0.5, 0.6) is 0 Å². The second-order valence-electron chi connectivity index (χ2n) is 5.14. The van der Waals surface area contributed by atoms with Gasteiger partial charge in [-0.25, -0.2) is 4.79 Å². The Labute approximate surface area is 139 Å². The molecule has 1 aromatic heterocycles. The Balaban J connectivity index is 1.78. The van der Waals surface area contributed by atoms with Gasteiger partial charge in [0.15, 0.2) is 0 Å². The van der Waals surface area contributed by atoms with Crippen molar-refractivity contribution in [3.63, 3.8) is 0 Å². The van der Waals surface area contributed by atoms with Crippen LogP contribution >= 0.6 is 11.6 Å². The summed E-state index contributed by atoms with van der Waals surface area (Å²) in [7, 11) is 0. The van der Waals surface area contributed by atoms with Crippen LogP contribution in [0.4, 0.5) is 4.79 Å². The van der Waals surface area contributed by atoms with E-state index in [1.54, 1.807) is 12.1 Å². The summed E-state index contributed by atoms with van der Waals surface area (Å²) in [5, 5.41) is 15.7. The number of hydrogen-bond donors (Lipinski definition) is 3. The molecule has 0 fully saturated rings. The molecule has 0 radical (unpaired) electrons. The van der Waals surface area contributed by atoms with E-state index in [1.807, 2.05) is 19.1 Å². The minimum absolute atomic E-state index is 0.00808. The van der Waals surface area contributed by atoms with Crippen LogP contribution in [0.1, 0.15) is 25.1 Å². The summed E-state index contributed by atoms with van der Waals surface area (Å²) in [6.07, 6.45) is 0.685. The predicted octanol–water partition coefficient (Wildman–Crippen LogP) is 2.85. The van der Waals surface area contributed by atoms with E-state index in [2.05, 4.69) is 10.6 Å². The number of fused-ring (bicyclic) bond motifs is 1. The zero-order chi connectivity index (χ0) is 16.7. The molecule has 0 spiro atoms. The number of halogens is 1. The number of rotatable bonds is 8. The SMILES string of the molecule is CC(NC(=O)NCCCOCCO)c1cc2cc(Cl)ccc2o1. The van der Waals surface area contributed by atoms with E-state index >= 15 is 0 Å². The van der Waals surface area contributed by atoms with E-state index in [0.29, 0.717) is 37.0 Å². The molecule has 0 saturated heterocycles. The number of hydrogen-bond acceptors (Lipinski definition) is 4. The maximum atomic E-state index is 11.8. The molecule has 23 heavy (non-hydrogen) atoms. The normalized spacial score (nSPS) is 12.3. The third kappa shape index (κ3) is 5.42. The lowest BCUT2D eigenvalue weighted by atomic mass is 10.2. The van der Waals surface area contributed by atoms with Gasteiger partial charge in [-0.05, 0) is 37.6 Å². The molecule has 1 aromatic carbocycles. The van der Waals surface area contributed by atoms with Gasteiger partial charge >= 0.3 is 6.03 Å². The van der Waals surface area contributed by atoms with Crippen molar-refractivity contribution in [3.8, 4) is 0 Å². The topological polar surface area (TPSA) is 83.7 Å². The fourth-order valence-electron chi connectivity index (χ4n) is 2.11. The summed E-state index contributed by atoms with van der Waals surface area (Å²) in [6, 6.07) is 6.74. The van der Waals surface area contributed by atoms with Crippen molar-refractivity contribution in [2.24, 2.45) is 0 Å². The zero-order valence-electron chi connectivity index (χ0n) is 13.0. The largest absolute Gasteiger partial charge is 0.459 e. The van der Waals surface area contributed by atoms with Gasteiger partial charge in [0, 0.05) is 23.6 Å². The average molecular weight is 341 g/mol. The minimum atomic E-state index is -0.266. The number of aliphatic hydroxyl groups excluding tert-OH is 1. The number of aliphatic hydroxyl groups is 1. The first-order valence-corrected chi connectivity index (χ1v) is 7.90. The van der Waals surface area contributed by atoms with Gasteiger partial charge in [0.25, 0.3) is 0 Å². The number of nitrogens with one attached hydrogen (secondary N) is 2. The molecule has 2 amide bonds.